The van der Waals surface area contributed by atoms with E-state index in [9.17, 15) is 15.1 Å². The van der Waals surface area contributed by atoms with Crippen LogP contribution in [-0.2, 0) is 4.79 Å². The van der Waals surface area contributed by atoms with E-state index in [0.717, 1.165) is 30.4 Å². The van der Waals surface area contributed by atoms with Gasteiger partial charge in [0.05, 0.1) is 6.42 Å². The zero-order valence-corrected chi connectivity index (χ0v) is 20.6. The number of anilines is 1. The van der Waals surface area contributed by atoms with Crippen molar-refractivity contribution in [3.63, 3.8) is 0 Å². The molecule has 2 rings (SSSR count). The number of rotatable bonds is 12. The number of aliphatic carboxylic acids is 1. The van der Waals surface area contributed by atoms with Gasteiger partial charge in [-0.25, -0.2) is 10.5 Å². The summed E-state index contributed by atoms with van der Waals surface area (Å²) in [6, 6.07) is 11.1. The number of hydrogen-bond acceptors (Lipinski definition) is 5. The number of nitrogens with one attached hydrogen (secondary N) is 1. The van der Waals surface area contributed by atoms with Gasteiger partial charge in [-0.1, -0.05) is 62.7 Å². The second kappa shape index (κ2) is 15.9. The fraction of sp³-hybridized carbons (Fsp3) is 0.385. The van der Waals surface area contributed by atoms with Gasteiger partial charge in [-0.15, -0.1) is 0 Å². The Hall–Kier alpha value is -2.83. The molecule has 0 aliphatic heterocycles. The van der Waals surface area contributed by atoms with Crippen LogP contribution in [-0.4, -0.2) is 27.4 Å². The van der Waals surface area contributed by atoms with Crippen LogP contribution in [0.25, 0.3) is 5.57 Å². The smallest absolute Gasteiger partial charge is 0.307 e. The van der Waals surface area contributed by atoms with Crippen molar-refractivity contribution in [2.75, 3.05) is 5.48 Å². The number of ether oxygens (including phenoxy) is 1. The maximum atomic E-state index is 11.2. The monoisotopic (exact) mass is 474 g/mol. The van der Waals surface area contributed by atoms with Crippen molar-refractivity contribution in [2.24, 2.45) is 0 Å². The van der Waals surface area contributed by atoms with Gasteiger partial charge in [0.1, 0.15) is 6.10 Å². The van der Waals surface area contributed by atoms with Crippen molar-refractivity contribution in [3.05, 3.63) is 70.9 Å². The third-order valence-corrected chi connectivity index (χ3v) is 4.85. The number of carbonyl (C=O) groups is 1. The van der Waals surface area contributed by atoms with Gasteiger partial charge in [0, 0.05) is 10.7 Å². The number of unbranched alkanes of at least 4 members (excludes halogenated alkanes) is 1. The van der Waals surface area contributed by atoms with E-state index in [2.05, 4.69) is 30.1 Å². The summed E-state index contributed by atoms with van der Waals surface area (Å²) in [5, 5.41) is 19.2. The molecule has 0 saturated heterocycles. The minimum Gasteiger partial charge on any atom is -0.486 e. The summed E-state index contributed by atoms with van der Waals surface area (Å²) in [5.74, 6) is -0.437. The van der Waals surface area contributed by atoms with E-state index in [1.54, 1.807) is 19.1 Å². The molecule has 0 aliphatic rings. The number of pyridine rings is 1. The molecular formula is C26H35ClN2O4. The molecule has 2 aromatic rings. The van der Waals surface area contributed by atoms with E-state index in [-0.39, 0.29) is 12.2 Å². The second-order valence-corrected chi connectivity index (χ2v) is 7.59. The van der Waals surface area contributed by atoms with Crippen LogP contribution in [0.1, 0.15) is 64.1 Å². The van der Waals surface area contributed by atoms with Gasteiger partial charge in [0.25, 0.3) is 0 Å². The zero-order valence-electron chi connectivity index (χ0n) is 19.8. The Kier molecular flexibility index (Phi) is 13.6. The summed E-state index contributed by atoms with van der Waals surface area (Å²) in [7, 11) is 0. The van der Waals surface area contributed by atoms with Gasteiger partial charge in [0.2, 0.25) is 0 Å². The molecule has 1 unspecified atom stereocenters. The van der Waals surface area contributed by atoms with E-state index in [1.165, 1.54) is 0 Å². The molecule has 0 amide bonds. The minimum absolute atomic E-state index is 0.131. The van der Waals surface area contributed by atoms with Crippen LogP contribution in [0.15, 0.2) is 54.6 Å². The number of aryl methyl sites for hydroxylation is 1. The quantitative estimate of drug-likeness (QED) is 0.169. The normalized spacial score (nSPS) is 12.1. The Morgan fingerprint density at radius 1 is 1.21 bits per heavy atom. The summed E-state index contributed by atoms with van der Waals surface area (Å²) >= 11 is 5.98. The summed E-state index contributed by atoms with van der Waals surface area (Å²) in [6.45, 7) is 7.88. The standard InChI is InChI=1S/C24H29ClN2O4.C2H6/c1-3-7-18(19-11-13-20(25)14-12-19)8-5-4-6-9-21(16-23(28)29)31-22-15-10-17(2)26-24(22)27-30;1-2/h5,7-8,10-15,21,30H,3-4,6,9,16H2,1-2H3,(H,26,27)(H,28,29);1-2H3/b8-5-,18-7+;. The Balaban J connectivity index is 0.00000265. The van der Waals surface area contributed by atoms with Gasteiger partial charge < -0.3 is 9.84 Å². The van der Waals surface area contributed by atoms with E-state index < -0.39 is 12.1 Å². The van der Waals surface area contributed by atoms with Crippen molar-refractivity contribution in [1.82, 2.24) is 4.98 Å². The van der Waals surface area contributed by atoms with Gasteiger partial charge in [0.15, 0.2) is 11.6 Å². The molecular weight excluding hydrogens is 440 g/mol. The maximum absolute atomic E-state index is 11.2. The van der Waals surface area contributed by atoms with E-state index in [1.807, 2.05) is 43.6 Å². The van der Waals surface area contributed by atoms with Crippen molar-refractivity contribution in [1.29, 1.82) is 0 Å². The van der Waals surface area contributed by atoms with Crippen molar-refractivity contribution in [3.8, 4) is 5.75 Å². The first-order valence-corrected chi connectivity index (χ1v) is 11.7. The maximum Gasteiger partial charge on any atom is 0.307 e. The molecule has 7 heteroatoms. The molecule has 0 saturated carbocycles. The first kappa shape index (κ1) is 28.2. The van der Waals surface area contributed by atoms with Gasteiger partial charge in [-0.3, -0.25) is 10.0 Å². The largest absolute Gasteiger partial charge is 0.486 e. The zero-order chi connectivity index (χ0) is 24.6. The SMILES string of the molecule is CC.CC/C=C(\C=C/CCCC(CC(=O)O)Oc1ccc(C)nc1NO)c1ccc(Cl)cc1. The summed E-state index contributed by atoms with van der Waals surface area (Å²) in [5.41, 5.74) is 4.94. The van der Waals surface area contributed by atoms with E-state index in [4.69, 9.17) is 16.3 Å². The first-order valence-electron chi connectivity index (χ1n) is 11.3. The lowest BCUT2D eigenvalue weighted by Gasteiger charge is -2.19. The predicted octanol–water partition coefficient (Wildman–Crippen LogP) is 7.31. The molecule has 1 aromatic heterocycles. The van der Waals surface area contributed by atoms with Crippen molar-refractivity contribution in [2.45, 2.75) is 65.9 Å². The Morgan fingerprint density at radius 2 is 1.91 bits per heavy atom. The summed E-state index contributed by atoms with van der Waals surface area (Å²) < 4.78 is 5.84. The van der Waals surface area contributed by atoms with E-state index >= 15 is 0 Å². The van der Waals surface area contributed by atoms with Crippen LogP contribution in [0, 0.1) is 6.92 Å². The Bertz CT molecular complexity index is 911. The van der Waals surface area contributed by atoms with Crippen molar-refractivity contribution >= 4 is 29.0 Å². The number of carboxylic acids is 1. The number of carboxylic acid groups (broad SMARTS) is 1. The molecule has 3 N–H and O–H groups in total. The van der Waals surface area contributed by atoms with Crippen LogP contribution in [0.5, 0.6) is 5.75 Å². The molecule has 1 aromatic carbocycles. The van der Waals surface area contributed by atoms with Crippen LogP contribution >= 0.6 is 11.6 Å². The highest BCUT2D eigenvalue weighted by atomic mass is 35.5. The van der Waals surface area contributed by atoms with Gasteiger partial charge in [-0.05, 0) is 68.0 Å². The van der Waals surface area contributed by atoms with Crippen LogP contribution < -0.4 is 10.2 Å². The molecule has 0 spiro atoms. The third kappa shape index (κ3) is 10.6. The molecule has 0 radical (unpaired) electrons. The molecule has 33 heavy (non-hydrogen) atoms. The number of aromatic nitrogens is 1. The first-order chi connectivity index (χ1) is 15.9. The highest BCUT2D eigenvalue weighted by molar-refractivity contribution is 6.30. The number of nitrogens with zero attached hydrogens (tertiary/aromatic N) is 1. The molecule has 1 atom stereocenters. The lowest BCUT2D eigenvalue weighted by molar-refractivity contribution is -0.138. The van der Waals surface area contributed by atoms with Crippen molar-refractivity contribution < 1.29 is 19.8 Å². The molecule has 180 valence electrons. The van der Waals surface area contributed by atoms with Crippen LogP contribution in [0.2, 0.25) is 5.02 Å². The molecule has 6 nitrogen and oxygen atoms in total. The van der Waals surface area contributed by atoms with Crippen LogP contribution in [0.4, 0.5) is 5.82 Å². The fourth-order valence-corrected chi connectivity index (χ4v) is 3.24. The van der Waals surface area contributed by atoms with Gasteiger partial charge in [-0.2, -0.15) is 0 Å². The summed E-state index contributed by atoms with van der Waals surface area (Å²) in [6.07, 6.45) is 8.69. The third-order valence-electron chi connectivity index (χ3n) is 4.60. The molecule has 0 fully saturated rings. The topological polar surface area (TPSA) is 91.7 Å². The lowest BCUT2D eigenvalue weighted by atomic mass is 10.0. The molecule has 0 aliphatic carbocycles. The second-order valence-electron chi connectivity index (χ2n) is 7.16. The fourth-order valence-electron chi connectivity index (χ4n) is 3.11. The Morgan fingerprint density at radius 3 is 2.52 bits per heavy atom. The molecule has 1 heterocycles. The number of halogens is 1. The van der Waals surface area contributed by atoms with E-state index in [0.29, 0.717) is 22.9 Å². The Labute approximate surface area is 201 Å². The highest BCUT2D eigenvalue weighted by Gasteiger charge is 2.17. The van der Waals surface area contributed by atoms with Crippen LogP contribution in [0.3, 0.4) is 0 Å². The molecule has 0 bridgehead atoms. The average Bonchev–Trinajstić information content (AvgIpc) is 2.80. The van der Waals surface area contributed by atoms with Gasteiger partial charge >= 0.3 is 5.97 Å². The predicted molar refractivity (Wildman–Crippen MR) is 135 cm³/mol. The number of hydrogen-bond donors (Lipinski definition) is 3. The summed E-state index contributed by atoms with van der Waals surface area (Å²) in [4.78, 5) is 15.4. The lowest BCUT2D eigenvalue weighted by Crippen LogP contribution is -2.21. The number of benzene rings is 1. The number of allylic oxidation sites excluding steroid dienone is 4. The average molecular weight is 475 g/mol. The highest BCUT2D eigenvalue weighted by Crippen LogP contribution is 2.25. The minimum atomic E-state index is -0.935.